The number of carbonyl (C=O) groups excluding carboxylic acids is 3. The van der Waals surface area contributed by atoms with E-state index in [1.165, 1.54) is 37.9 Å². The molecule has 42 heteroatoms. The lowest BCUT2D eigenvalue weighted by atomic mass is 10.0. The van der Waals surface area contributed by atoms with Crippen molar-refractivity contribution in [2.45, 2.75) is 195 Å². The van der Waals surface area contributed by atoms with Gasteiger partial charge in [0.05, 0.1) is 42.3 Å². The second-order valence-electron chi connectivity index (χ2n) is 34.1. The summed E-state index contributed by atoms with van der Waals surface area (Å²) in [6.45, 7) is 24.1. The number of aromatic amines is 4. The molecule has 0 aliphatic carbocycles. The number of aryl methyl sites for hydroxylation is 1. The number of H-pyrrole nitrogens is 4. The van der Waals surface area contributed by atoms with Gasteiger partial charge < -0.3 is 94.7 Å². The molecule has 36 nitrogen and oxygen atoms in total. The van der Waals surface area contributed by atoms with Crippen LogP contribution in [-0.2, 0) is 58.0 Å². The smallest absolute Gasteiger partial charge is 0.330 e. The van der Waals surface area contributed by atoms with Crippen molar-refractivity contribution in [3.05, 3.63) is 143 Å². The molecular weight excluding hydrogens is 1660 g/mol. The number of amides is 1. The van der Waals surface area contributed by atoms with E-state index in [2.05, 4.69) is 117 Å². The van der Waals surface area contributed by atoms with Crippen molar-refractivity contribution in [3.63, 3.8) is 0 Å². The van der Waals surface area contributed by atoms with E-state index in [4.69, 9.17) is 40.6 Å². The van der Waals surface area contributed by atoms with E-state index in [1.54, 1.807) is 24.2 Å². The number of aromatic nitrogens is 8. The van der Waals surface area contributed by atoms with Crippen LogP contribution in [-0.4, -0.2) is 345 Å². The van der Waals surface area contributed by atoms with Crippen LogP contribution in [0.3, 0.4) is 0 Å². The third-order valence-electron chi connectivity index (χ3n) is 19.9. The number of nitrogens with one attached hydrogen (secondary N) is 5. The van der Waals surface area contributed by atoms with Gasteiger partial charge in [0.15, 0.2) is 35.5 Å². The fourth-order valence-corrected chi connectivity index (χ4v) is 18.1. The predicted molar refractivity (Wildman–Crippen MR) is 469 cm³/mol. The highest BCUT2D eigenvalue weighted by atomic mass is 32.1. The van der Waals surface area contributed by atoms with Crippen LogP contribution >= 0.6 is 46.6 Å². The zero-order valence-corrected chi connectivity index (χ0v) is 75.0. The van der Waals surface area contributed by atoms with Gasteiger partial charge in [0.25, 0.3) is 28.1 Å². The largest absolute Gasteiger partial charge is 0.479 e. The first-order valence-corrected chi connectivity index (χ1v) is 53.9. The van der Waals surface area contributed by atoms with Crippen LogP contribution < -0.4 is 49.4 Å². The third-order valence-corrected chi connectivity index (χ3v) is 27.6. The standard InChI is InChI=1S/C16H25N2O7P.C16H25N2O6P.C15H25N2O4PS.C15H25N2O4P.C14H23N2O5P/c1-9(19)8-24-11-7-18(16(23)17-14(11)22)15-13(21)12(20)10(25-15)5-6-26(2,3)4;1-9(19)7-10-8-18(16(23)17-14(10)22)15-13(21)12(20)11(24-15)5-6-25(2,3)4;1-5-9-8-17(15(23)16-13(9)20)14-12(19)11(18)10(21-14)6-7-22(2,3)4;1-9-8-17(10(2)16-14(9)20)15-13(19)12(18)11(21-15)6-7-22(3,4)5;1-16-13(19)8(7-15-14(16)20)12-11(18)10(17)9(21-12)5-6-22(2,3)4/h7,10,12-13,15,20-21H,2,5-6,8H2,1,3-4H3,(H,17,22,23);8,11-13,15,20-21H,2,5-7H2,1,3-4H3,(H,17,22,23);8,10-12,14,18-19H,2,5-7H2,1,3-4H3,(H,16,20,23);8,11-13,15,18-19H,2-3,6-7H2,1,4-5H3,(H,16,20);7,9-12,17-18H,2,5-6H2,1,3-4H3,(H,15,20)/t10-,12-,13-,15-;11-,12-,13-,15-;10-,11-,12-,14-;11-,12-,13-,15-;9-,10-,11-,12+/m11111/s1. The van der Waals surface area contributed by atoms with Gasteiger partial charge in [-0.3, -0.25) is 66.8 Å². The maximum absolute atomic E-state index is 12.1. The summed E-state index contributed by atoms with van der Waals surface area (Å²) in [7, 11) is 1.34. The first-order chi connectivity index (χ1) is 54.3. The summed E-state index contributed by atoms with van der Waals surface area (Å²) >= 11 is 5.17. The summed E-state index contributed by atoms with van der Waals surface area (Å²) in [6, 6.07) is 0. The Labute approximate surface area is 689 Å². The average Bonchev–Trinajstić information content (AvgIpc) is 1.64. The van der Waals surface area contributed by atoms with Gasteiger partial charge in [0.2, 0.25) is 5.75 Å². The fraction of sp³-hybridized carbons (Fsp3) is 0.632. The first kappa shape index (κ1) is 101. The summed E-state index contributed by atoms with van der Waals surface area (Å²) < 4.78 is 38.4. The number of hydrogen-bond donors (Lipinski definition) is 15. The minimum absolute atomic E-state index is 0.102. The van der Waals surface area contributed by atoms with Gasteiger partial charge in [-0.25, -0.2) is 14.4 Å². The maximum Gasteiger partial charge on any atom is 0.330 e. The summed E-state index contributed by atoms with van der Waals surface area (Å²) in [5.41, 5.74) is -3.04. The highest BCUT2D eigenvalue weighted by molar-refractivity contribution is 7.73. The number of hydrogen-bond acceptors (Lipinski definition) is 28. The summed E-state index contributed by atoms with van der Waals surface area (Å²) in [6.07, 6.45) is 15.8. The molecule has 10 rings (SSSR count). The van der Waals surface area contributed by atoms with Crippen LogP contribution in [0.1, 0.15) is 101 Å². The fourth-order valence-electron chi connectivity index (χ4n) is 13.1. The van der Waals surface area contributed by atoms with Crippen LogP contribution in [0.4, 0.5) is 0 Å². The molecule has 0 spiro atoms. The number of ketones is 2. The monoisotopic (exact) mass is 1780 g/mol. The van der Waals surface area contributed by atoms with Crippen molar-refractivity contribution < 1.29 is 93.9 Å². The van der Waals surface area contributed by atoms with E-state index in [0.717, 1.165) is 50.7 Å². The molecule has 0 saturated carbocycles. The van der Waals surface area contributed by atoms with E-state index in [9.17, 15) is 99.0 Å². The lowest BCUT2D eigenvalue weighted by molar-refractivity contribution is -0.120. The average molecular weight is 1780 g/mol. The van der Waals surface area contributed by atoms with E-state index in [0.29, 0.717) is 55.5 Å². The van der Waals surface area contributed by atoms with Gasteiger partial charge in [-0.2, -0.15) is 0 Å². The Morgan fingerprint density at radius 2 is 0.856 bits per heavy atom. The van der Waals surface area contributed by atoms with E-state index < -0.39 is 191 Å². The predicted octanol–water partition coefficient (Wildman–Crippen LogP) is -0.530. The maximum atomic E-state index is 12.1. The van der Waals surface area contributed by atoms with Crippen molar-refractivity contribution in [2.24, 2.45) is 7.05 Å². The van der Waals surface area contributed by atoms with Crippen molar-refractivity contribution >= 4 is 95.6 Å². The van der Waals surface area contributed by atoms with E-state index in [-0.39, 0.29) is 57.7 Å². The van der Waals surface area contributed by atoms with Gasteiger partial charge in [-0.15, -0.1) is 65.9 Å². The van der Waals surface area contributed by atoms with E-state index in [1.807, 2.05) is 20.3 Å². The molecule has 0 unspecified atom stereocenters. The molecule has 0 radical (unpaired) electrons. The molecule has 0 bridgehead atoms. The van der Waals surface area contributed by atoms with Crippen LogP contribution in [0.2, 0.25) is 0 Å². The molecule has 1 amide bonds. The summed E-state index contributed by atoms with van der Waals surface area (Å²) in [5.74, 6) is -0.678. The number of aliphatic hydroxyl groups is 10. The normalized spacial score (nSPS) is 28.4. The number of Topliss-reactive ketones (excluding diaryl/α,β-unsaturated/α-hetero) is 2. The van der Waals surface area contributed by atoms with Gasteiger partial charge >= 0.3 is 17.1 Å². The molecule has 5 saturated heterocycles. The Kier molecular flexibility index (Phi) is 35.7. The Morgan fingerprint density at radius 3 is 1.26 bits per heavy atom. The van der Waals surface area contributed by atoms with Crippen molar-refractivity contribution in [3.8, 4) is 5.75 Å². The number of ether oxygens (including phenoxy) is 6. The first-order valence-electron chi connectivity index (χ1n) is 38.2. The van der Waals surface area contributed by atoms with Gasteiger partial charge in [0, 0.05) is 55.0 Å². The molecule has 0 aromatic carbocycles. The number of aliphatic hydroxyl groups excluding tert-OH is 10. The lowest BCUT2D eigenvalue weighted by Gasteiger charge is -2.34. The second kappa shape index (κ2) is 41.9. The second-order valence-corrected chi connectivity index (χ2v) is 56.0. The molecule has 10 heterocycles. The summed E-state index contributed by atoms with van der Waals surface area (Å²) in [4.78, 5) is 128. The van der Waals surface area contributed by atoms with Crippen molar-refractivity contribution in [2.75, 3.05) is 104 Å². The Hall–Kier alpha value is -6.07. The SMILES string of the molecule is C=C1NC(=O)C(C)=CN1[C@@H]1O[C@H](CCP(=C)(C)C)[C@@H](O)[C@H]1O.C=P(C)(C)CC[C@H]1O[C@@H](c2c[nH]c(=O)n(C)c2=O)[C@H](O)[C@@H]1O.C=P(C)(C)CC[C@H]1O[C@@H](n2cc(CC(C)=O)c(=O)[nH]c2=O)[C@H](O)[C@@H]1O.C=P(C)(C)CC[C@H]1O[C@@H](n2cc(CC)c(=O)[nH]c2=S)[C@H](O)[C@@H]1O.C=P(C)(C)CC[C@H]1O[C@@H](n2cc(OCC(C)=O)c(=O)[nH]c2=O)[C@H](O)[C@@H]1O. The zero-order chi connectivity index (χ0) is 89.3. The van der Waals surface area contributed by atoms with Crippen molar-refractivity contribution in [1.29, 1.82) is 0 Å². The van der Waals surface area contributed by atoms with Gasteiger partial charge in [0.1, 0.15) is 85.4 Å². The third kappa shape index (κ3) is 28.0. The molecule has 6 aliphatic rings. The van der Waals surface area contributed by atoms with Crippen LogP contribution in [0.15, 0.2) is 82.5 Å². The number of carbonyl (C=O) groups is 3. The van der Waals surface area contributed by atoms with Gasteiger partial charge in [-0.1, -0.05) is 13.5 Å². The molecule has 118 heavy (non-hydrogen) atoms. The molecule has 6 aliphatic heterocycles. The Balaban J connectivity index is 0.000000229. The number of nitrogens with zero attached hydrogens (tertiary/aromatic N) is 5. The molecule has 20 atom stereocenters. The minimum atomic E-state index is -1.35. The van der Waals surface area contributed by atoms with Crippen molar-refractivity contribution in [1.82, 2.24) is 48.4 Å². The Bertz CT molecular complexity index is 5040. The van der Waals surface area contributed by atoms with Crippen LogP contribution in [0.25, 0.3) is 0 Å². The van der Waals surface area contributed by atoms with Crippen LogP contribution in [0, 0.1) is 4.77 Å². The molecule has 664 valence electrons. The number of rotatable bonds is 26. The van der Waals surface area contributed by atoms with Crippen LogP contribution in [0.5, 0.6) is 5.75 Å². The highest BCUT2D eigenvalue weighted by Crippen LogP contribution is 2.45. The quantitative estimate of drug-likeness (QED) is 0.0278. The molecule has 5 fully saturated rings. The topological polar surface area (TPSA) is 527 Å². The Morgan fingerprint density at radius 1 is 0.492 bits per heavy atom. The minimum Gasteiger partial charge on any atom is -0.479 e. The molecular formula is C76H123N10O26P5S. The van der Waals surface area contributed by atoms with Gasteiger partial charge in [-0.05, 0) is 169 Å². The highest BCUT2D eigenvalue weighted by Gasteiger charge is 2.50. The molecule has 15 N–H and O–H groups in total. The molecule has 4 aromatic heterocycles. The molecule has 4 aromatic rings. The van der Waals surface area contributed by atoms with E-state index >= 15 is 0 Å². The summed E-state index contributed by atoms with van der Waals surface area (Å²) in [5, 5.41) is 105. The zero-order valence-electron chi connectivity index (χ0n) is 69.8. The lowest BCUT2D eigenvalue weighted by Crippen LogP contribution is -2.47.